The van der Waals surface area contributed by atoms with Crippen molar-refractivity contribution in [3.63, 3.8) is 0 Å². The maximum absolute atomic E-state index is 12.7. The topological polar surface area (TPSA) is 85.9 Å². The summed E-state index contributed by atoms with van der Waals surface area (Å²) in [6, 6.07) is 12.6. The molecule has 3 heterocycles. The Hall–Kier alpha value is -3.26. The van der Waals surface area contributed by atoms with Crippen molar-refractivity contribution in [1.29, 1.82) is 0 Å². The number of nitrogens with zero attached hydrogens (tertiary/aromatic N) is 4. The summed E-state index contributed by atoms with van der Waals surface area (Å²) >= 11 is 0. The molecule has 0 unspecified atom stereocenters. The minimum Gasteiger partial charge on any atom is -0.310 e. The fourth-order valence-corrected chi connectivity index (χ4v) is 3.80. The number of para-hydroxylation sites is 1. The molecule has 30 heavy (non-hydrogen) atoms. The molecule has 2 aliphatic rings. The number of aromatic nitrogens is 1. The van der Waals surface area contributed by atoms with E-state index in [1.165, 1.54) is 9.80 Å². The molecule has 0 spiro atoms. The fourth-order valence-electron chi connectivity index (χ4n) is 3.80. The summed E-state index contributed by atoms with van der Waals surface area (Å²) in [5, 5.41) is 2.87. The van der Waals surface area contributed by atoms with Crippen molar-refractivity contribution in [2.24, 2.45) is 5.92 Å². The molecule has 0 saturated carbocycles. The van der Waals surface area contributed by atoms with Crippen LogP contribution in [0, 0.1) is 12.8 Å². The highest BCUT2D eigenvalue weighted by molar-refractivity contribution is 6.12. The Morgan fingerprint density at radius 3 is 2.50 bits per heavy atom. The number of nitrogens with one attached hydrogen (secondary N) is 1. The van der Waals surface area contributed by atoms with Gasteiger partial charge in [0.15, 0.2) is 0 Å². The third kappa shape index (κ3) is 4.33. The number of imide groups is 1. The molecule has 2 aromatic rings. The molecule has 8 nitrogen and oxygen atoms in total. The number of pyridine rings is 1. The first-order valence-electron chi connectivity index (χ1n) is 10.1. The van der Waals surface area contributed by atoms with E-state index in [9.17, 15) is 14.4 Å². The molecule has 1 aromatic carbocycles. The number of urea groups is 1. The van der Waals surface area contributed by atoms with Gasteiger partial charge in [0, 0.05) is 30.9 Å². The summed E-state index contributed by atoms with van der Waals surface area (Å²) < 4.78 is 0. The minimum absolute atomic E-state index is 0.0328. The Kier molecular flexibility index (Phi) is 5.76. The van der Waals surface area contributed by atoms with Gasteiger partial charge in [0.05, 0.1) is 6.67 Å². The smallest absolute Gasteiger partial charge is 0.310 e. The van der Waals surface area contributed by atoms with E-state index in [2.05, 4.69) is 15.2 Å². The van der Waals surface area contributed by atoms with Crippen LogP contribution in [0.15, 0.2) is 48.7 Å². The van der Waals surface area contributed by atoms with Crippen LogP contribution in [0.2, 0.25) is 0 Å². The molecule has 2 saturated heterocycles. The van der Waals surface area contributed by atoms with Crippen molar-refractivity contribution in [3.05, 3.63) is 54.2 Å². The zero-order chi connectivity index (χ0) is 21.1. The van der Waals surface area contributed by atoms with Crippen LogP contribution in [0.4, 0.5) is 16.3 Å². The van der Waals surface area contributed by atoms with Crippen LogP contribution < -0.4 is 10.2 Å². The Bertz CT molecular complexity index is 924. The van der Waals surface area contributed by atoms with Gasteiger partial charge < -0.3 is 5.32 Å². The predicted molar refractivity (Wildman–Crippen MR) is 113 cm³/mol. The predicted octanol–water partition coefficient (Wildman–Crippen LogP) is 2.47. The molecule has 1 N–H and O–H groups in total. The van der Waals surface area contributed by atoms with Crippen LogP contribution >= 0.6 is 0 Å². The second kappa shape index (κ2) is 8.62. The molecule has 2 aliphatic heterocycles. The number of hydrogen-bond donors (Lipinski definition) is 1. The largest absolute Gasteiger partial charge is 0.332 e. The third-order valence-electron chi connectivity index (χ3n) is 5.59. The zero-order valence-corrected chi connectivity index (χ0v) is 17.0. The highest BCUT2D eigenvalue weighted by Crippen LogP contribution is 2.23. The fraction of sp³-hybridized carbons (Fsp3) is 0.364. The van der Waals surface area contributed by atoms with Crippen molar-refractivity contribution in [1.82, 2.24) is 14.8 Å². The molecule has 156 valence electrons. The first-order chi connectivity index (χ1) is 14.5. The van der Waals surface area contributed by atoms with E-state index < -0.39 is 0 Å². The van der Waals surface area contributed by atoms with Crippen molar-refractivity contribution in [2.45, 2.75) is 19.8 Å². The van der Waals surface area contributed by atoms with E-state index in [1.54, 1.807) is 12.3 Å². The lowest BCUT2D eigenvalue weighted by molar-refractivity contribution is -0.127. The second-order valence-electron chi connectivity index (χ2n) is 7.77. The average Bonchev–Trinajstić information content (AvgIpc) is 3.05. The van der Waals surface area contributed by atoms with Crippen molar-refractivity contribution >= 4 is 29.4 Å². The summed E-state index contributed by atoms with van der Waals surface area (Å²) in [7, 11) is 0. The van der Waals surface area contributed by atoms with Gasteiger partial charge in [0.2, 0.25) is 5.91 Å². The molecule has 0 aliphatic carbocycles. The number of likely N-dealkylation sites (tertiary alicyclic amines) is 1. The van der Waals surface area contributed by atoms with Crippen molar-refractivity contribution < 1.29 is 14.4 Å². The molecule has 8 heteroatoms. The molecule has 0 radical (unpaired) electrons. The quantitative estimate of drug-likeness (QED) is 0.770. The minimum atomic E-state index is -0.295. The number of piperidine rings is 1. The van der Waals surface area contributed by atoms with Gasteiger partial charge in [-0.1, -0.05) is 24.3 Å². The van der Waals surface area contributed by atoms with E-state index in [0.717, 1.165) is 11.3 Å². The zero-order valence-electron chi connectivity index (χ0n) is 17.0. The van der Waals surface area contributed by atoms with Gasteiger partial charge in [-0.15, -0.1) is 0 Å². The van der Waals surface area contributed by atoms with Gasteiger partial charge in [0.1, 0.15) is 12.4 Å². The molecule has 0 atom stereocenters. The second-order valence-corrected chi connectivity index (χ2v) is 7.77. The molecule has 4 amide bonds. The summed E-state index contributed by atoms with van der Waals surface area (Å²) in [5.74, 6) is 0.223. The average molecular weight is 407 g/mol. The van der Waals surface area contributed by atoms with Crippen LogP contribution in [-0.4, -0.2) is 58.9 Å². The number of amides is 4. The molecule has 2 fully saturated rings. The maximum Gasteiger partial charge on any atom is 0.332 e. The van der Waals surface area contributed by atoms with Gasteiger partial charge >= 0.3 is 6.03 Å². The molecule has 0 bridgehead atoms. The van der Waals surface area contributed by atoms with Crippen LogP contribution in [0.1, 0.15) is 18.4 Å². The lowest BCUT2D eigenvalue weighted by Gasteiger charge is -2.33. The Morgan fingerprint density at radius 2 is 1.83 bits per heavy atom. The van der Waals surface area contributed by atoms with Crippen LogP contribution in [0.25, 0.3) is 0 Å². The lowest BCUT2D eigenvalue weighted by atomic mass is 9.96. The Balaban J connectivity index is 1.29. The van der Waals surface area contributed by atoms with E-state index in [1.807, 2.05) is 43.3 Å². The van der Waals surface area contributed by atoms with E-state index in [-0.39, 0.29) is 37.0 Å². The highest BCUT2D eigenvalue weighted by Gasteiger charge is 2.38. The highest BCUT2D eigenvalue weighted by atomic mass is 16.2. The number of rotatable bonds is 5. The Labute approximate surface area is 175 Å². The normalized spacial score (nSPS) is 18.2. The third-order valence-corrected chi connectivity index (χ3v) is 5.59. The van der Waals surface area contributed by atoms with Crippen LogP contribution in [0.5, 0.6) is 0 Å². The van der Waals surface area contributed by atoms with Gasteiger partial charge in [-0.3, -0.25) is 19.4 Å². The van der Waals surface area contributed by atoms with Gasteiger partial charge in [-0.05, 0) is 43.5 Å². The maximum atomic E-state index is 12.7. The number of anilines is 2. The summed E-state index contributed by atoms with van der Waals surface area (Å²) in [6.45, 7) is 3.58. The van der Waals surface area contributed by atoms with E-state index in [4.69, 9.17) is 0 Å². The first kappa shape index (κ1) is 20.0. The number of carbonyl (C=O) groups excluding carboxylic acids is 3. The summed E-state index contributed by atoms with van der Waals surface area (Å²) in [4.78, 5) is 46.7. The number of benzene rings is 1. The number of hydrogen-bond acceptors (Lipinski definition) is 5. The van der Waals surface area contributed by atoms with Crippen molar-refractivity contribution in [2.75, 3.05) is 36.5 Å². The van der Waals surface area contributed by atoms with E-state index in [0.29, 0.717) is 31.7 Å². The van der Waals surface area contributed by atoms with Crippen LogP contribution in [-0.2, 0) is 9.59 Å². The van der Waals surface area contributed by atoms with E-state index >= 15 is 0 Å². The SMILES string of the molecule is Cc1ccc(NC(=O)C2CCN(CN3C(=O)CN(c4ccccc4)C3=O)CC2)nc1. The number of aryl methyl sites for hydroxylation is 1. The lowest BCUT2D eigenvalue weighted by Crippen LogP contribution is -2.46. The van der Waals surface area contributed by atoms with Crippen molar-refractivity contribution in [3.8, 4) is 0 Å². The number of carbonyl (C=O) groups is 3. The monoisotopic (exact) mass is 407 g/mol. The molecule has 4 rings (SSSR count). The summed E-state index contributed by atoms with van der Waals surface area (Å²) in [6.07, 6.45) is 3.08. The standard InChI is InChI=1S/C22H25N5O3/c1-16-7-8-19(23-13-16)24-21(29)17-9-11-25(12-10-17)15-27-20(28)14-26(22(27)30)18-5-3-2-4-6-18/h2-8,13,17H,9-12,14-15H2,1H3,(H,23,24,29). The van der Waals surface area contributed by atoms with Gasteiger partial charge in [-0.25, -0.2) is 14.7 Å². The van der Waals surface area contributed by atoms with Gasteiger partial charge in [0.25, 0.3) is 5.91 Å². The molecular weight excluding hydrogens is 382 g/mol. The molecular formula is C22H25N5O3. The van der Waals surface area contributed by atoms with Gasteiger partial charge in [-0.2, -0.15) is 0 Å². The Morgan fingerprint density at radius 1 is 1.10 bits per heavy atom. The summed E-state index contributed by atoms with van der Waals surface area (Å²) in [5.41, 5.74) is 1.76. The van der Waals surface area contributed by atoms with Crippen LogP contribution in [0.3, 0.4) is 0 Å². The molecule has 1 aromatic heterocycles. The first-order valence-corrected chi connectivity index (χ1v) is 10.1.